The van der Waals surface area contributed by atoms with Crippen LogP contribution in [0.3, 0.4) is 0 Å². The lowest BCUT2D eigenvalue weighted by Gasteiger charge is -2.26. The van der Waals surface area contributed by atoms with E-state index < -0.39 is 5.97 Å². The third-order valence-electron chi connectivity index (χ3n) is 6.53. The standard InChI is InChI=1S/C27H27N3O3S/c1-29-23-10-7-19(27(32)33)15-22(23)24(26(29)31)25(20-11-14-34-17-20)28-21-8-5-18(6-9-21)16-30-12-3-2-4-13-30/h5-11,14-15,17,28H,2-4,12-13,16H2,1H3,(H,32,33). The van der Waals surface area contributed by atoms with Crippen molar-refractivity contribution in [2.75, 3.05) is 30.4 Å². The lowest BCUT2D eigenvalue weighted by molar-refractivity contribution is -0.112. The van der Waals surface area contributed by atoms with E-state index in [2.05, 4.69) is 22.3 Å². The summed E-state index contributed by atoms with van der Waals surface area (Å²) >= 11 is 1.55. The Morgan fingerprint density at radius 3 is 2.47 bits per heavy atom. The van der Waals surface area contributed by atoms with E-state index in [-0.39, 0.29) is 11.5 Å². The average molecular weight is 474 g/mol. The average Bonchev–Trinajstić information content (AvgIpc) is 3.47. The maximum absolute atomic E-state index is 13.3. The molecule has 1 saturated heterocycles. The first kappa shape index (κ1) is 22.4. The Labute approximate surface area is 203 Å². The van der Waals surface area contributed by atoms with Crippen LogP contribution in [0.2, 0.25) is 0 Å². The van der Waals surface area contributed by atoms with E-state index in [0.717, 1.165) is 30.9 Å². The molecule has 2 aliphatic rings. The molecule has 2 aromatic carbocycles. The molecule has 6 nitrogen and oxygen atoms in total. The maximum Gasteiger partial charge on any atom is 0.335 e. The Balaban J connectivity index is 1.51. The number of likely N-dealkylation sites (N-methyl/N-ethyl adjacent to an activating group) is 1. The summed E-state index contributed by atoms with van der Waals surface area (Å²) in [6, 6.07) is 15.1. The molecule has 5 rings (SSSR count). The highest BCUT2D eigenvalue weighted by Gasteiger charge is 2.34. The summed E-state index contributed by atoms with van der Waals surface area (Å²) in [6.07, 6.45) is 3.86. The third-order valence-corrected chi connectivity index (χ3v) is 7.21. The minimum absolute atomic E-state index is 0.158. The minimum Gasteiger partial charge on any atom is -0.478 e. The molecule has 1 fully saturated rings. The molecule has 0 aliphatic carbocycles. The first-order chi connectivity index (χ1) is 16.5. The van der Waals surface area contributed by atoms with Crippen LogP contribution in [0.5, 0.6) is 0 Å². The second kappa shape index (κ2) is 9.44. The predicted molar refractivity (Wildman–Crippen MR) is 137 cm³/mol. The predicted octanol–water partition coefficient (Wildman–Crippen LogP) is 5.39. The zero-order chi connectivity index (χ0) is 23.7. The van der Waals surface area contributed by atoms with E-state index in [0.29, 0.717) is 22.5 Å². The number of carboxylic acids is 1. The number of fused-ring (bicyclic) bond motifs is 1. The van der Waals surface area contributed by atoms with Gasteiger partial charge in [0, 0.05) is 35.8 Å². The number of aromatic carboxylic acids is 1. The van der Waals surface area contributed by atoms with Crippen LogP contribution in [0.25, 0.3) is 11.3 Å². The number of amides is 1. The van der Waals surface area contributed by atoms with Crippen molar-refractivity contribution in [3.05, 3.63) is 81.5 Å². The topological polar surface area (TPSA) is 72.9 Å². The summed E-state index contributed by atoms with van der Waals surface area (Å²) in [5, 5.41) is 16.9. The van der Waals surface area contributed by atoms with Gasteiger partial charge < -0.3 is 15.3 Å². The van der Waals surface area contributed by atoms with Gasteiger partial charge in [-0.2, -0.15) is 11.3 Å². The largest absolute Gasteiger partial charge is 0.478 e. The molecule has 3 aromatic rings. The summed E-state index contributed by atoms with van der Waals surface area (Å²) in [6.45, 7) is 3.26. The van der Waals surface area contributed by atoms with E-state index in [1.165, 1.54) is 30.9 Å². The number of carbonyl (C=O) groups excluding carboxylic acids is 1. The van der Waals surface area contributed by atoms with E-state index in [1.807, 2.05) is 29.0 Å². The minimum atomic E-state index is -1.02. The van der Waals surface area contributed by atoms with Crippen LogP contribution in [-0.2, 0) is 11.3 Å². The van der Waals surface area contributed by atoms with Crippen molar-refractivity contribution in [3.8, 4) is 0 Å². The molecule has 0 bridgehead atoms. The number of rotatable bonds is 6. The number of piperidine rings is 1. The van der Waals surface area contributed by atoms with E-state index >= 15 is 0 Å². The van der Waals surface area contributed by atoms with Gasteiger partial charge in [-0.15, -0.1) is 0 Å². The van der Waals surface area contributed by atoms with Gasteiger partial charge in [-0.3, -0.25) is 9.69 Å². The SMILES string of the molecule is CN1C(=O)C(=C(Nc2ccc(CN3CCCCC3)cc2)c2ccsc2)c2cc(C(=O)O)ccc21. The van der Waals surface area contributed by atoms with Crippen LogP contribution in [0.15, 0.2) is 59.3 Å². The Morgan fingerprint density at radius 2 is 1.79 bits per heavy atom. The molecule has 0 radical (unpaired) electrons. The quantitative estimate of drug-likeness (QED) is 0.470. The molecule has 7 heteroatoms. The lowest BCUT2D eigenvalue weighted by atomic mass is 9.99. The fraction of sp³-hybridized carbons (Fsp3) is 0.259. The van der Waals surface area contributed by atoms with Crippen LogP contribution in [0, 0.1) is 0 Å². The molecular formula is C27H27N3O3S. The van der Waals surface area contributed by atoms with Gasteiger partial charge in [0.15, 0.2) is 0 Å². The highest BCUT2D eigenvalue weighted by molar-refractivity contribution is 7.08. The van der Waals surface area contributed by atoms with E-state index in [9.17, 15) is 14.7 Å². The molecule has 3 heterocycles. The lowest BCUT2D eigenvalue weighted by Crippen LogP contribution is -2.29. The monoisotopic (exact) mass is 473 g/mol. The zero-order valence-electron chi connectivity index (χ0n) is 19.1. The van der Waals surface area contributed by atoms with Crippen molar-refractivity contribution < 1.29 is 14.7 Å². The highest BCUT2D eigenvalue weighted by atomic mass is 32.1. The number of nitrogens with one attached hydrogen (secondary N) is 1. The summed E-state index contributed by atoms with van der Waals surface area (Å²) in [7, 11) is 1.72. The van der Waals surface area contributed by atoms with Crippen LogP contribution in [0.1, 0.15) is 46.3 Å². The van der Waals surface area contributed by atoms with Gasteiger partial charge in [-0.05, 0) is 73.3 Å². The smallest absolute Gasteiger partial charge is 0.335 e. The number of anilines is 2. The van der Waals surface area contributed by atoms with Crippen molar-refractivity contribution in [2.24, 2.45) is 0 Å². The van der Waals surface area contributed by atoms with E-state index in [4.69, 9.17) is 0 Å². The van der Waals surface area contributed by atoms with Crippen molar-refractivity contribution in [1.82, 2.24) is 4.90 Å². The van der Waals surface area contributed by atoms with Gasteiger partial charge >= 0.3 is 5.97 Å². The van der Waals surface area contributed by atoms with Crippen molar-refractivity contribution in [1.29, 1.82) is 0 Å². The molecule has 2 aliphatic heterocycles. The second-order valence-electron chi connectivity index (χ2n) is 8.82. The first-order valence-electron chi connectivity index (χ1n) is 11.5. The molecule has 174 valence electrons. The molecule has 0 unspecified atom stereocenters. The Hall–Kier alpha value is -3.42. The number of thiophene rings is 1. The van der Waals surface area contributed by atoms with Crippen molar-refractivity contribution in [2.45, 2.75) is 25.8 Å². The summed E-state index contributed by atoms with van der Waals surface area (Å²) in [5.41, 5.74) is 5.71. The molecule has 1 aromatic heterocycles. The number of hydrogen-bond donors (Lipinski definition) is 2. The van der Waals surface area contributed by atoms with E-state index in [1.54, 1.807) is 35.4 Å². The molecule has 34 heavy (non-hydrogen) atoms. The number of likely N-dealkylation sites (tertiary alicyclic amines) is 1. The van der Waals surface area contributed by atoms with Crippen LogP contribution >= 0.6 is 11.3 Å². The first-order valence-corrected chi connectivity index (χ1v) is 12.5. The molecule has 0 atom stereocenters. The Kier molecular flexibility index (Phi) is 6.22. The summed E-state index contributed by atoms with van der Waals surface area (Å²) in [5.74, 6) is -1.17. The highest BCUT2D eigenvalue weighted by Crippen LogP contribution is 2.41. The number of benzene rings is 2. The third kappa shape index (κ3) is 4.36. The van der Waals surface area contributed by atoms with Gasteiger partial charge in [0.05, 0.1) is 22.5 Å². The molecule has 0 spiro atoms. The van der Waals surface area contributed by atoms with Gasteiger partial charge in [-0.1, -0.05) is 18.6 Å². The van der Waals surface area contributed by atoms with Gasteiger partial charge in [0.25, 0.3) is 5.91 Å². The van der Waals surface area contributed by atoms with Crippen LogP contribution < -0.4 is 10.2 Å². The normalized spacial score (nSPS) is 17.6. The van der Waals surface area contributed by atoms with Crippen molar-refractivity contribution >= 4 is 45.9 Å². The van der Waals surface area contributed by atoms with Gasteiger partial charge in [-0.25, -0.2) is 4.79 Å². The Morgan fingerprint density at radius 1 is 1.03 bits per heavy atom. The number of carbonyl (C=O) groups is 2. The zero-order valence-corrected chi connectivity index (χ0v) is 19.9. The number of nitrogens with zero attached hydrogens (tertiary/aromatic N) is 2. The maximum atomic E-state index is 13.3. The van der Waals surface area contributed by atoms with Gasteiger partial charge in [0.2, 0.25) is 0 Å². The number of carboxylic acid groups (broad SMARTS) is 1. The molecule has 0 saturated carbocycles. The van der Waals surface area contributed by atoms with Crippen molar-refractivity contribution in [3.63, 3.8) is 0 Å². The fourth-order valence-corrected chi connectivity index (χ4v) is 5.34. The second-order valence-corrected chi connectivity index (χ2v) is 9.60. The fourth-order valence-electron chi connectivity index (χ4n) is 4.69. The Bertz CT molecular complexity index is 1240. The van der Waals surface area contributed by atoms with Crippen LogP contribution in [-0.4, -0.2) is 42.0 Å². The number of hydrogen-bond acceptors (Lipinski definition) is 5. The van der Waals surface area contributed by atoms with Crippen LogP contribution in [0.4, 0.5) is 11.4 Å². The molecule has 1 amide bonds. The molecule has 2 N–H and O–H groups in total. The van der Waals surface area contributed by atoms with Gasteiger partial charge in [0.1, 0.15) is 0 Å². The molecular weight excluding hydrogens is 446 g/mol. The summed E-state index contributed by atoms with van der Waals surface area (Å²) < 4.78 is 0. The summed E-state index contributed by atoms with van der Waals surface area (Å²) in [4.78, 5) is 29.0.